The Hall–Kier alpha value is -4.14. The number of thioether (sulfide) groups is 1. The third-order valence-electron chi connectivity index (χ3n) is 9.97. The monoisotopic (exact) mass is 619 g/mol. The number of hydrogen-bond donors (Lipinski definition) is 1. The van der Waals surface area contributed by atoms with Gasteiger partial charge in [0.1, 0.15) is 6.04 Å². The first-order valence-electron chi connectivity index (χ1n) is 15.5. The number of benzene rings is 3. The molecule has 8 heteroatoms. The van der Waals surface area contributed by atoms with Crippen molar-refractivity contribution in [3.05, 3.63) is 120 Å². The molecule has 1 unspecified atom stereocenters. The molecule has 230 valence electrons. The predicted octanol–water partition coefficient (Wildman–Crippen LogP) is 5.23. The van der Waals surface area contributed by atoms with E-state index in [1.165, 1.54) is 0 Å². The highest BCUT2D eigenvalue weighted by Gasteiger charge is 2.74. The molecule has 4 aliphatic heterocycles. The summed E-state index contributed by atoms with van der Waals surface area (Å²) in [6.07, 6.45) is 8.11. The molecular weight excluding hydrogens is 582 g/mol. The van der Waals surface area contributed by atoms with Gasteiger partial charge in [-0.2, -0.15) is 0 Å². The van der Waals surface area contributed by atoms with Gasteiger partial charge in [0.05, 0.1) is 29.2 Å². The van der Waals surface area contributed by atoms with E-state index in [4.69, 9.17) is 0 Å². The summed E-state index contributed by atoms with van der Waals surface area (Å²) in [5.41, 5.74) is 4.28. The molecule has 2 fully saturated rings. The van der Waals surface area contributed by atoms with Gasteiger partial charge in [0.2, 0.25) is 11.8 Å². The average molecular weight is 620 g/mol. The molecule has 4 aliphatic rings. The molecule has 0 saturated carbocycles. The van der Waals surface area contributed by atoms with Gasteiger partial charge in [-0.1, -0.05) is 91.0 Å². The lowest BCUT2D eigenvalue weighted by atomic mass is 9.74. The summed E-state index contributed by atoms with van der Waals surface area (Å²) in [6.45, 7) is 6.40. The largest absolute Gasteiger partial charge is 0.394 e. The molecule has 0 aliphatic carbocycles. The summed E-state index contributed by atoms with van der Waals surface area (Å²) < 4.78 is -1.76. The van der Waals surface area contributed by atoms with Gasteiger partial charge in [-0.25, -0.2) is 0 Å². The number of aliphatic hydroxyl groups is 1. The van der Waals surface area contributed by atoms with Gasteiger partial charge >= 0.3 is 0 Å². The van der Waals surface area contributed by atoms with Crippen LogP contribution in [0.1, 0.15) is 29.7 Å². The number of likely N-dealkylation sites (tertiary alicyclic amines) is 1. The van der Waals surface area contributed by atoms with Gasteiger partial charge in [0, 0.05) is 29.2 Å². The Bertz CT molecular complexity index is 1710. The third-order valence-corrected chi connectivity index (χ3v) is 11.8. The molecule has 0 aromatic heterocycles. The lowest BCUT2D eigenvalue weighted by molar-refractivity contribution is -0.142. The maximum Gasteiger partial charge on any atom is 0.251 e. The number of fused-ring (bicyclic) bond motifs is 2. The number of anilines is 2. The number of aryl methyl sites for hydroxylation is 2. The summed E-state index contributed by atoms with van der Waals surface area (Å²) in [4.78, 5) is 50.0. The minimum absolute atomic E-state index is 0.131. The SMILES string of the molecule is Cc1cccc(C)c1N1CC=C[C@]23S[C@@]4(C)C=CCN(c5ccccc5)C(=O)[C@H]4[C@H]2C(=O)N([C@H](CO)c2ccccc2)C3C1=O. The van der Waals surface area contributed by atoms with Gasteiger partial charge < -0.3 is 19.8 Å². The Morgan fingerprint density at radius 1 is 0.778 bits per heavy atom. The smallest absolute Gasteiger partial charge is 0.251 e. The molecule has 1 spiro atoms. The molecule has 45 heavy (non-hydrogen) atoms. The van der Waals surface area contributed by atoms with Crippen LogP contribution < -0.4 is 9.80 Å². The summed E-state index contributed by atoms with van der Waals surface area (Å²) in [5, 5.41) is 10.9. The highest BCUT2D eigenvalue weighted by Crippen LogP contribution is 2.66. The molecular formula is C37H37N3O4S. The van der Waals surface area contributed by atoms with E-state index in [1.807, 2.05) is 118 Å². The normalized spacial score (nSPS) is 29.7. The van der Waals surface area contributed by atoms with Crippen LogP contribution in [0.2, 0.25) is 0 Å². The zero-order chi connectivity index (χ0) is 31.5. The van der Waals surface area contributed by atoms with E-state index in [2.05, 4.69) is 6.08 Å². The Balaban J connectivity index is 1.42. The molecule has 6 atom stereocenters. The number of aliphatic hydroxyl groups excluding tert-OH is 1. The van der Waals surface area contributed by atoms with Crippen LogP contribution >= 0.6 is 11.8 Å². The molecule has 3 amide bonds. The van der Waals surface area contributed by atoms with Crippen LogP contribution in [-0.2, 0) is 14.4 Å². The van der Waals surface area contributed by atoms with Crippen molar-refractivity contribution in [3.8, 4) is 0 Å². The van der Waals surface area contributed by atoms with Crippen LogP contribution in [0.5, 0.6) is 0 Å². The van der Waals surface area contributed by atoms with Crippen LogP contribution in [0.15, 0.2) is 103 Å². The van der Waals surface area contributed by atoms with E-state index in [0.717, 1.165) is 28.1 Å². The molecule has 3 aromatic rings. The maximum atomic E-state index is 15.1. The van der Waals surface area contributed by atoms with Crippen molar-refractivity contribution in [3.63, 3.8) is 0 Å². The topological polar surface area (TPSA) is 81.2 Å². The van der Waals surface area contributed by atoms with Crippen LogP contribution in [-0.4, -0.2) is 63.0 Å². The number of nitrogens with zero attached hydrogens (tertiary/aromatic N) is 3. The fourth-order valence-corrected chi connectivity index (χ4v) is 10.2. The van der Waals surface area contributed by atoms with E-state index >= 15 is 9.59 Å². The molecule has 7 nitrogen and oxygen atoms in total. The van der Waals surface area contributed by atoms with E-state index in [0.29, 0.717) is 13.1 Å². The first-order chi connectivity index (χ1) is 21.7. The van der Waals surface area contributed by atoms with Crippen LogP contribution in [0.3, 0.4) is 0 Å². The number of carbonyl (C=O) groups is 3. The van der Waals surface area contributed by atoms with Crippen molar-refractivity contribution in [1.82, 2.24) is 4.90 Å². The second kappa shape index (κ2) is 11.0. The minimum Gasteiger partial charge on any atom is -0.394 e. The number of amides is 3. The number of para-hydroxylation sites is 2. The summed E-state index contributed by atoms with van der Waals surface area (Å²) in [7, 11) is 0. The van der Waals surface area contributed by atoms with Crippen molar-refractivity contribution in [2.75, 3.05) is 29.5 Å². The van der Waals surface area contributed by atoms with E-state index in [-0.39, 0.29) is 24.3 Å². The molecule has 0 radical (unpaired) electrons. The summed E-state index contributed by atoms with van der Waals surface area (Å²) in [5.74, 6) is -2.14. The second-order valence-electron chi connectivity index (χ2n) is 12.6. The zero-order valence-corrected chi connectivity index (χ0v) is 26.5. The van der Waals surface area contributed by atoms with Crippen LogP contribution in [0.25, 0.3) is 0 Å². The number of hydrogen-bond acceptors (Lipinski definition) is 5. The first kappa shape index (κ1) is 29.6. The third kappa shape index (κ3) is 4.41. The minimum atomic E-state index is -1.03. The van der Waals surface area contributed by atoms with Gasteiger partial charge in [0.25, 0.3) is 5.91 Å². The molecule has 3 aromatic carbocycles. The van der Waals surface area contributed by atoms with Gasteiger partial charge in [0.15, 0.2) is 0 Å². The Kier molecular flexibility index (Phi) is 7.25. The van der Waals surface area contributed by atoms with E-state index in [1.54, 1.807) is 26.5 Å². The van der Waals surface area contributed by atoms with Crippen molar-refractivity contribution in [2.24, 2.45) is 11.8 Å². The Morgan fingerprint density at radius 3 is 2.07 bits per heavy atom. The highest BCUT2D eigenvalue weighted by molar-refractivity contribution is 8.02. The van der Waals surface area contributed by atoms with Gasteiger partial charge in [-0.05, 0) is 49.6 Å². The highest BCUT2D eigenvalue weighted by atomic mass is 32.2. The summed E-state index contributed by atoms with van der Waals surface area (Å²) in [6, 6.07) is 23.2. The lowest BCUT2D eigenvalue weighted by Gasteiger charge is -2.40. The van der Waals surface area contributed by atoms with Crippen LogP contribution in [0, 0.1) is 25.7 Å². The van der Waals surface area contributed by atoms with Crippen molar-refractivity contribution in [2.45, 2.75) is 42.3 Å². The van der Waals surface area contributed by atoms with Gasteiger partial charge in [-0.15, -0.1) is 11.8 Å². The molecule has 0 bridgehead atoms. The van der Waals surface area contributed by atoms with E-state index < -0.39 is 33.4 Å². The maximum absolute atomic E-state index is 15.1. The predicted molar refractivity (Wildman–Crippen MR) is 178 cm³/mol. The molecule has 7 rings (SSSR count). The standard InChI is InChI=1S/C37H37N3O4S/c1-24-13-10-14-25(2)31(24)39-22-12-20-37-30(34(43)40(32(37)35(39)44)28(23-41)26-15-6-4-7-16-26)29-33(42)38(27-17-8-5-9-18-27)21-11-19-36(29,3)45-37/h4-20,28-30,32,41H,21-23H2,1-3H3/t28-,29-,30+,32?,36+,37+/m1/s1. The zero-order valence-electron chi connectivity index (χ0n) is 25.7. The quantitative estimate of drug-likeness (QED) is 0.396. The van der Waals surface area contributed by atoms with Crippen molar-refractivity contribution >= 4 is 40.9 Å². The fourth-order valence-electron chi connectivity index (χ4n) is 8.10. The van der Waals surface area contributed by atoms with E-state index in [9.17, 15) is 9.90 Å². The molecule has 4 heterocycles. The fraction of sp³-hybridized carbons (Fsp3) is 0.324. The molecule has 2 saturated heterocycles. The number of rotatable bonds is 5. The lowest BCUT2D eigenvalue weighted by Crippen LogP contribution is -2.55. The molecule has 1 N–H and O–H groups in total. The van der Waals surface area contributed by atoms with Gasteiger partial charge in [-0.3, -0.25) is 14.4 Å². The van der Waals surface area contributed by atoms with Crippen molar-refractivity contribution in [1.29, 1.82) is 0 Å². The average Bonchev–Trinajstić information content (AvgIpc) is 3.31. The van der Waals surface area contributed by atoms with Crippen molar-refractivity contribution < 1.29 is 19.5 Å². The Labute approximate surface area is 268 Å². The second-order valence-corrected chi connectivity index (χ2v) is 14.4. The number of carbonyl (C=O) groups excluding carboxylic acids is 3. The summed E-state index contributed by atoms with van der Waals surface area (Å²) >= 11 is 1.55. The van der Waals surface area contributed by atoms with Crippen LogP contribution in [0.4, 0.5) is 11.4 Å². The Morgan fingerprint density at radius 2 is 1.40 bits per heavy atom. The first-order valence-corrected chi connectivity index (χ1v) is 16.3.